The zero-order valence-electron chi connectivity index (χ0n) is 23.8. The molecule has 0 spiro atoms. The molecule has 4 aromatic heterocycles. The van der Waals surface area contributed by atoms with Gasteiger partial charge in [0.2, 0.25) is 0 Å². The molecule has 1 aromatic carbocycles. The lowest BCUT2D eigenvalue weighted by Gasteiger charge is -2.11. The van der Waals surface area contributed by atoms with E-state index in [2.05, 4.69) is 81.1 Å². The van der Waals surface area contributed by atoms with Gasteiger partial charge in [0.25, 0.3) is 0 Å². The van der Waals surface area contributed by atoms with Crippen molar-refractivity contribution in [1.82, 2.24) is 29.2 Å². The minimum atomic E-state index is -0.273. The lowest BCUT2D eigenvalue weighted by molar-refractivity contribution is -0.0441. The van der Waals surface area contributed by atoms with Crippen molar-refractivity contribution in [2.75, 3.05) is 36.9 Å². The summed E-state index contributed by atoms with van der Waals surface area (Å²) in [6, 6.07) is 11.7. The number of rotatable bonds is 8. The van der Waals surface area contributed by atoms with Gasteiger partial charge in [-0.25, -0.2) is 19.0 Å². The lowest BCUT2D eigenvalue weighted by Crippen LogP contribution is -2.10. The fraction of sp³-hybridized carbons (Fsp3) is 0.379. The van der Waals surface area contributed by atoms with Crippen molar-refractivity contribution in [1.29, 1.82) is 0 Å². The molecule has 0 atom stereocenters. The van der Waals surface area contributed by atoms with Gasteiger partial charge in [0.15, 0.2) is 27.9 Å². The number of nitrogens with one attached hydrogen (secondary N) is 2. The van der Waals surface area contributed by atoms with Crippen LogP contribution in [0.25, 0.3) is 22.6 Å². The van der Waals surface area contributed by atoms with Crippen molar-refractivity contribution >= 4 is 68.5 Å². The van der Waals surface area contributed by atoms with E-state index in [1.807, 2.05) is 42.6 Å². The third kappa shape index (κ3) is 7.25. The minimum Gasteiger partial charge on any atom is -0.382 e. The highest BCUT2D eigenvalue weighted by Gasteiger charge is 2.19. The molecule has 5 aromatic rings. The van der Waals surface area contributed by atoms with Gasteiger partial charge in [-0.05, 0) is 34.4 Å². The predicted molar refractivity (Wildman–Crippen MR) is 175 cm³/mol. The molecule has 13 heteroatoms. The molecule has 10 nitrogen and oxygen atoms in total. The summed E-state index contributed by atoms with van der Waals surface area (Å²) in [5.74, 6) is 1.09. The highest BCUT2D eigenvalue weighted by Crippen LogP contribution is 2.29. The summed E-state index contributed by atoms with van der Waals surface area (Å²) in [5.41, 5.74) is 6.28. The van der Waals surface area contributed by atoms with E-state index in [0.29, 0.717) is 35.4 Å². The van der Waals surface area contributed by atoms with E-state index in [-0.39, 0.29) is 6.29 Å². The SMILES string of the molecule is CC(C)CNc1cc(Cl)nn2c(-c3ccc(C4OCCO4)cc3)cnc12.CC(C)CNc1cc(Cl)nn2c(I)cnc12. The first-order valence-electron chi connectivity index (χ1n) is 13.7. The first-order valence-corrected chi connectivity index (χ1v) is 15.6. The molecule has 5 heterocycles. The molecule has 0 saturated carbocycles. The summed E-state index contributed by atoms with van der Waals surface area (Å²) in [6.45, 7) is 11.6. The summed E-state index contributed by atoms with van der Waals surface area (Å²) in [4.78, 5) is 8.85. The average molecular weight is 723 g/mol. The van der Waals surface area contributed by atoms with E-state index in [4.69, 9.17) is 32.7 Å². The first kappa shape index (κ1) is 30.7. The fourth-order valence-corrected chi connectivity index (χ4v) is 5.14. The number of imidazole rings is 2. The maximum atomic E-state index is 6.23. The van der Waals surface area contributed by atoms with Gasteiger partial charge in [-0.1, -0.05) is 75.2 Å². The smallest absolute Gasteiger partial charge is 0.184 e. The Morgan fingerprint density at radius 1 is 0.833 bits per heavy atom. The topological polar surface area (TPSA) is 103 Å². The number of nitrogens with zero attached hydrogens (tertiary/aromatic N) is 6. The summed E-state index contributed by atoms with van der Waals surface area (Å²) in [5, 5.41) is 16.2. The Bertz CT molecular complexity index is 1650. The van der Waals surface area contributed by atoms with Crippen LogP contribution in [0.3, 0.4) is 0 Å². The van der Waals surface area contributed by atoms with E-state index < -0.39 is 0 Å². The largest absolute Gasteiger partial charge is 0.382 e. The number of hydrogen-bond acceptors (Lipinski definition) is 8. The van der Waals surface area contributed by atoms with Crippen molar-refractivity contribution in [2.24, 2.45) is 11.8 Å². The zero-order chi connectivity index (χ0) is 29.8. The van der Waals surface area contributed by atoms with Gasteiger partial charge < -0.3 is 20.1 Å². The second-order valence-corrected chi connectivity index (χ2v) is 12.6. The second-order valence-electron chi connectivity index (χ2n) is 10.7. The van der Waals surface area contributed by atoms with E-state index >= 15 is 0 Å². The Hall–Kier alpha value is -2.71. The minimum absolute atomic E-state index is 0.273. The number of ether oxygens (including phenoxy) is 2. The van der Waals surface area contributed by atoms with Crippen molar-refractivity contribution in [2.45, 2.75) is 34.0 Å². The molecule has 1 saturated heterocycles. The number of hydrogen-bond donors (Lipinski definition) is 2. The molecule has 222 valence electrons. The fourth-order valence-electron chi connectivity index (χ4n) is 4.30. The van der Waals surface area contributed by atoms with Crippen LogP contribution in [0.5, 0.6) is 0 Å². The van der Waals surface area contributed by atoms with Gasteiger partial charge in [0, 0.05) is 36.3 Å². The van der Waals surface area contributed by atoms with Crippen LogP contribution in [0.4, 0.5) is 11.4 Å². The van der Waals surface area contributed by atoms with Crippen LogP contribution in [0.15, 0.2) is 48.8 Å². The van der Waals surface area contributed by atoms with Gasteiger partial charge in [-0.2, -0.15) is 10.2 Å². The first-order chi connectivity index (χ1) is 20.2. The Morgan fingerprint density at radius 3 is 1.93 bits per heavy atom. The number of benzene rings is 1. The van der Waals surface area contributed by atoms with Gasteiger partial charge in [0.1, 0.15) is 3.70 Å². The molecule has 0 amide bonds. The van der Waals surface area contributed by atoms with Crippen LogP contribution in [0.1, 0.15) is 39.5 Å². The lowest BCUT2D eigenvalue weighted by atomic mass is 10.1. The molecule has 0 unspecified atom stereocenters. The number of aromatic nitrogens is 6. The number of fused-ring (bicyclic) bond motifs is 2. The van der Waals surface area contributed by atoms with Crippen molar-refractivity contribution in [3.05, 3.63) is 68.4 Å². The molecule has 2 N–H and O–H groups in total. The van der Waals surface area contributed by atoms with E-state index in [1.54, 1.807) is 15.2 Å². The van der Waals surface area contributed by atoms with Crippen molar-refractivity contribution in [3.8, 4) is 11.3 Å². The third-order valence-electron chi connectivity index (χ3n) is 6.34. The molecule has 0 aliphatic carbocycles. The molecule has 42 heavy (non-hydrogen) atoms. The van der Waals surface area contributed by atoms with Crippen LogP contribution in [-0.2, 0) is 9.47 Å². The maximum absolute atomic E-state index is 6.23. The van der Waals surface area contributed by atoms with Crippen LogP contribution < -0.4 is 10.6 Å². The highest BCUT2D eigenvalue weighted by atomic mass is 127. The summed E-state index contributed by atoms with van der Waals surface area (Å²) in [6.07, 6.45) is 3.32. The Labute approximate surface area is 268 Å². The van der Waals surface area contributed by atoms with Gasteiger partial charge in [0.05, 0.1) is 42.7 Å². The molecule has 0 bridgehead atoms. The Kier molecular flexibility index (Phi) is 10.0. The maximum Gasteiger partial charge on any atom is 0.184 e. The normalized spacial score (nSPS) is 13.7. The number of anilines is 2. The Morgan fingerprint density at radius 2 is 1.36 bits per heavy atom. The van der Waals surface area contributed by atoms with Crippen LogP contribution in [0.2, 0.25) is 10.3 Å². The van der Waals surface area contributed by atoms with E-state index in [1.165, 1.54) is 0 Å². The number of halogens is 3. The van der Waals surface area contributed by atoms with Crippen LogP contribution in [-0.4, -0.2) is 55.5 Å². The monoisotopic (exact) mass is 722 g/mol. The summed E-state index contributed by atoms with van der Waals surface area (Å²) in [7, 11) is 0. The zero-order valence-corrected chi connectivity index (χ0v) is 27.5. The molecular formula is C29H33Cl2IN8O2. The molecule has 1 aliphatic rings. The van der Waals surface area contributed by atoms with Gasteiger partial charge in [-0.15, -0.1) is 0 Å². The van der Waals surface area contributed by atoms with Gasteiger partial charge in [-0.3, -0.25) is 0 Å². The third-order valence-corrected chi connectivity index (χ3v) is 7.44. The summed E-state index contributed by atoms with van der Waals surface area (Å²) >= 11 is 14.4. The van der Waals surface area contributed by atoms with Gasteiger partial charge >= 0.3 is 0 Å². The van der Waals surface area contributed by atoms with Crippen LogP contribution in [0, 0.1) is 15.5 Å². The Balaban J connectivity index is 0.000000189. The molecule has 6 rings (SSSR count). The summed E-state index contributed by atoms with van der Waals surface area (Å²) < 4.78 is 15.5. The standard InChI is InChI=1S/C19H21ClN4O2.C10H12ClIN4/c1-12(2)10-21-15-9-17(20)23-24-16(11-22-18(15)24)13-3-5-14(6-4-13)19-25-7-8-26-19;1-6(2)4-13-7-3-8(11)15-16-9(12)5-14-10(7)16/h3-6,9,11-12,19,21H,7-8,10H2,1-2H3;3,5-6,13H,4H2,1-2H3. The molecule has 1 fully saturated rings. The average Bonchev–Trinajstić information content (AvgIpc) is 3.72. The molecule has 0 radical (unpaired) electrons. The van der Waals surface area contributed by atoms with E-state index in [9.17, 15) is 0 Å². The quantitative estimate of drug-likeness (QED) is 0.162. The van der Waals surface area contributed by atoms with E-state index in [0.717, 1.165) is 56.3 Å². The molecule has 1 aliphatic heterocycles. The van der Waals surface area contributed by atoms with Crippen molar-refractivity contribution in [3.63, 3.8) is 0 Å². The van der Waals surface area contributed by atoms with Crippen molar-refractivity contribution < 1.29 is 9.47 Å². The molecular weight excluding hydrogens is 690 g/mol. The highest BCUT2D eigenvalue weighted by molar-refractivity contribution is 14.1. The predicted octanol–water partition coefficient (Wildman–Crippen LogP) is 7.22. The second kappa shape index (κ2) is 13.7. The van der Waals surface area contributed by atoms with Crippen LogP contribution >= 0.6 is 45.8 Å².